The van der Waals surface area contributed by atoms with E-state index in [9.17, 15) is 24.0 Å². The summed E-state index contributed by atoms with van der Waals surface area (Å²) < 4.78 is 9.91. The van der Waals surface area contributed by atoms with Gasteiger partial charge in [-0.2, -0.15) is 0 Å². The normalized spacial score (nSPS) is 14.8. The summed E-state index contributed by atoms with van der Waals surface area (Å²) in [5, 5.41) is 3.34. The van der Waals surface area contributed by atoms with Crippen LogP contribution in [-0.2, 0) is 38.3 Å². The third-order valence-corrected chi connectivity index (χ3v) is 4.70. The molecule has 34 heavy (non-hydrogen) atoms. The minimum atomic E-state index is -0.910. The van der Waals surface area contributed by atoms with Crippen LogP contribution in [0.15, 0.2) is 24.0 Å². The monoisotopic (exact) mass is 474 g/mol. The van der Waals surface area contributed by atoms with Crippen LogP contribution in [0.25, 0.3) is 5.57 Å². The fourth-order valence-corrected chi connectivity index (χ4v) is 2.72. The van der Waals surface area contributed by atoms with Crippen LogP contribution in [0.4, 0.5) is 11.4 Å². The molecule has 0 saturated carbocycles. The van der Waals surface area contributed by atoms with Gasteiger partial charge in [0.2, 0.25) is 5.91 Å². The highest BCUT2D eigenvalue weighted by molar-refractivity contribution is 6.32. The zero-order chi connectivity index (χ0) is 26.0. The number of carbonyl (C=O) groups excluding carboxylic acids is 5. The Morgan fingerprint density at radius 1 is 0.971 bits per heavy atom. The Hall–Kier alpha value is -3.69. The number of esters is 2. The molecule has 1 aromatic carbocycles. The summed E-state index contributed by atoms with van der Waals surface area (Å²) in [6.07, 6.45) is -0.498. The Balaban J connectivity index is 2.51. The molecule has 10 nitrogen and oxygen atoms in total. The largest absolute Gasteiger partial charge is 0.469 e. The van der Waals surface area contributed by atoms with Crippen molar-refractivity contribution in [1.29, 1.82) is 0 Å². The molecule has 10 heteroatoms. The van der Waals surface area contributed by atoms with Gasteiger partial charge in [-0.25, -0.2) is 4.79 Å². The standard InChI is InChI=1S/C24H30N2O8/c1-13(33-21(30)23(2,3)4)19-15-10-9-14(25-17(27)12-18(28)32-8)11-16(15)26(20(19)29)34-22(31)24(5,6)7/h9-11H,12H2,1-8H3,(H,25,27)/b19-13-. The zero-order valence-corrected chi connectivity index (χ0v) is 20.7. The summed E-state index contributed by atoms with van der Waals surface area (Å²) in [5.74, 6) is -3.20. The highest BCUT2D eigenvalue weighted by atomic mass is 16.7. The van der Waals surface area contributed by atoms with Crippen molar-refractivity contribution in [2.75, 3.05) is 17.5 Å². The molecule has 0 atom stereocenters. The van der Waals surface area contributed by atoms with Gasteiger partial charge in [-0.15, -0.1) is 5.06 Å². The lowest BCUT2D eigenvalue weighted by Crippen LogP contribution is -2.35. The molecule has 1 aromatic rings. The minimum absolute atomic E-state index is 0.0433. The van der Waals surface area contributed by atoms with E-state index in [-0.39, 0.29) is 22.7 Å². The summed E-state index contributed by atoms with van der Waals surface area (Å²) >= 11 is 0. The summed E-state index contributed by atoms with van der Waals surface area (Å²) in [6.45, 7) is 11.4. The average Bonchev–Trinajstić information content (AvgIpc) is 2.97. The number of fused-ring (bicyclic) bond motifs is 1. The van der Waals surface area contributed by atoms with Crippen LogP contribution < -0.4 is 10.4 Å². The highest BCUT2D eigenvalue weighted by Gasteiger charge is 2.40. The number of nitrogens with zero attached hydrogens (tertiary/aromatic N) is 1. The highest BCUT2D eigenvalue weighted by Crippen LogP contribution is 2.41. The van der Waals surface area contributed by atoms with Crippen molar-refractivity contribution in [2.45, 2.75) is 54.9 Å². The topological polar surface area (TPSA) is 128 Å². The van der Waals surface area contributed by atoms with E-state index in [1.165, 1.54) is 32.2 Å². The van der Waals surface area contributed by atoms with Gasteiger partial charge < -0.3 is 19.6 Å². The number of allylic oxidation sites excluding steroid dienone is 1. The molecule has 0 spiro atoms. The molecule has 0 unspecified atom stereocenters. The van der Waals surface area contributed by atoms with Crippen LogP contribution in [0.3, 0.4) is 0 Å². The van der Waals surface area contributed by atoms with Gasteiger partial charge in [-0.05, 0) is 66.7 Å². The third kappa shape index (κ3) is 6.00. The van der Waals surface area contributed by atoms with Gasteiger partial charge in [0.1, 0.15) is 12.2 Å². The number of hydrogen-bond donors (Lipinski definition) is 1. The van der Waals surface area contributed by atoms with Gasteiger partial charge in [-0.3, -0.25) is 19.2 Å². The molecule has 1 aliphatic heterocycles. The van der Waals surface area contributed by atoms with Gasteiger partial charge in [-0.1, -0.05) is 0 Å². The number of rotatable bonds is 5. The van der Waals surface area contributed by atoms with Gasteiger partial charge in [0.25, 0.3) is 5.91 Å². The van der Waals surface area contributed by atoms with Gasteiger partial charge in [0, 0.05) is 11.3 Å². The lowest BCUT2D eigenvalue weighted by Gasteiger charge is -2.22. The lowest BCUT2D eigenvalue weighted by molar-refractivity contribution is -0.157. The van der Waals surface area contributed by atoms with E-state index < -0.39 is 47.0 Å². The number of methoxy groups -OCH3 is 1. The van der Waals surface area contributed by atoms with Crippen LogP contribution >= 0.6 is 0 Å². The summed E-state index contributed by atoms with van der Waals surface area (Å²) in [6, 6.07) is 4.45. The van der Waals surface area contributed by atoms with Gasteiger partial charge >= 0.3 is 17.9 Å². The smallest absolute Gasteiger partial charge is 0.338 e. The Morgan fingerprint density at radius 2 is 1.56 bits per heavy atom. The first-order chi connectivity index (χ1) is 15.6. The molecule has 1 N–H and O–H groups in total. The summed E-state index contributed by atoms with van der Waals surface area (Å²) in [4.78, 5) is 67.0. The van der Waals surface area contributed by atoms with Crippen molar-refractivity contribution in [2.24, 2.45) is 10.8 Å². The molecule has 2 amide bonds. The maximum absolute atomic E-state index is 13.3. The number of ether oxygens (including phenoxy) is 2. The van der Waals surface area contributed by atoms with Crippen LogP contribution in [0.1, 0.15) is 60.5 Å². The molecule has 1 aliphatic rings. The van der Waals surface area contributed by atoms with Crippen LogP contribution in [0.5, 0.6) is 0 Å². The number of hydroxylamine groups is 1. The third-order valence-electron chi connectivity index (χ3n) is 4.70. The van der Waals surface area contributed by atoms with Crippen molar-refractivity contribution < 1.29 is 38.3 Å². The first-order valence-electron chi connectivity index (χ1n) is 10.6. The molecular formula is C24H30N2O8. The van der Waals surface area contributed by atoms with Crippen molar-refractivity contribution in [1.82, 2.24) is 0 Å². The Labute approximate surface area is 198 Å². The number of benzene rings is 1. The molecule has 2 rings (SSSR count). The first-order valence-corrected chi connectivity index (χ1v) is 10.6. The predicted molar refractivity (Wildman–Crippen MR) is 123 cm³/mol. The molecule has 0 saturated heterocycles. The Bertz CT molecular complexity index is 1070. The lowest BCUT2D eigenvalue weighted by atomic mass is 9.97. The quantitative estimate of drug-likeness (QED) is 0.298. The van der Waals surface area contributed by atoms with E-state index >= 15 is 0 Å². The van der Waals surface area contributed by atoms with Crippen molar-refractivity contribution in [3.8, 4) is 0 Å². The number of nitrogens with one attached hydrogen (secondary N) is 1. The van der Waals surface area contributed by atoms with Crippen molar-refractivity contribution in [3.63, 3.8) is 0 Å². The number of carbonyl (C=O) groups is 5. The maximum Gasteiger partial charge on any atom is 0.338 e. The van der Waals surface area contributed by atoms with Crippen LogP contribution in [-0.4, -0.2) is 36.8 Å². The second-order valence-electron chi connectivity index (χ2n) is 9.83. The van der Waals surface area contributed by atoms with Gasteiger partial charge in [0.15, 0.2) is 0 Å². The molecule has 1 heterocycles. The van der Waals surface area contributed by atoms with E-state index in [1.54, 1.807) is 41.5 Å². The molecule has 184 valence electrons. The van der Waals surface area contributed by atoms with E-state index in [1.807, 2.05) is 0 Å². The Morgan fingerprint density at radius 3 is 2.09 bits per heavy atom. The van der Waals surface area contributed by atoms with Crippen molar-refractivity contribution in [3.05, 3.63) is 29.5 Å². The van der Waals surface area contributed by atoms with Crippen LogP contribution in [0, 0.1) is 10.8 Å². The second-order valence-corrected chi connectivity index (χ2v) is 9.83. The molecule has 0 aromatic heterocycles. The van der Waals surface area contributed by atoms with E-state index in [0.717, 1.165) is 5.06 Å². The van der Waals surface area contributed by atoms with E-state index in [4.69, 9.17) is 9.57 Å². The van der Waals surface area contributed by atoms with E-state index in [2.05, 4.69) is 10.1 Å². The minimum Gasteiger partial charge on any atom is -0.469 e. The Kier molecular flexibility index (Phi) is 7.55. The molecule has 0 fully saturated rings. The SMILES string of the molecule is COC(=O)CC(=O)Nc1ccc2c(c1)N(OC(=O)C(C)(C)C)C(=O)/C2=C(/C)OC(=O)C(C)(C)C. The van der Waals surface area contributed by atoms with Crippen LogP contribution in [0.2, 0.25) is 0 Å². The predicted octanol–water partition coefficient (Wildman–Crippen LogP) is 3.36. The fraction of sp³-hybridized carbons (Fsp3) is 0.458. The maximum atomic E-state index is 13.3. The van der Waals surface area contributed by atoms with E-state index in [0.29, 0.717) is 5.56 Å². The first kappa shape index (κ1) is 26.6. The summed E-state index contributed by atoms with van der Waals surface area (Å²) in [5.41, 5.74) is -0.910. The second kappa shape index (κ2) is 9.66. The number of hydrogen-bond acceptors (Lipinski definition) is 8. The molecule has 0 aliphatic carbocycles. The number of amides is 2. The van der Waals surface area contributed by atoms with Crippen molar-refractivity contribution >= 4 is 46.7 Å². The molecule has 0 radical (unpaired) electrons. The number of anilines is 2. The summed E-state index contributed by atoms with van der Waals surface area (Å²) in [7, 11) is 1.17. The fourth-order valence-electron chi connectivity index (χ4n) is 2.72. The molecular weight excluding hydrogens is 444 g/mol. The zero-order valence-electron chi connectivity index (χ0n) is 20.7. The molecule has 0 bridgehead atoms. The van der Waals surface area contributed by atoms with Gasteiger partial charge in [0.05, 0.1) is 29.2 Å². The average molecular weight is 475 g/mol.